The fraction of sp³-hybridized carbons (Fsp3) is 0.308. The van der Waals surface area contributed by atoms with E-state index in [1.807, 2.05) is 0 Å². The Morgan fingerprint density at radius 3 is 2.86 bits per heavy atom. The number of nitrogens with zero attached hydrogens (tertiary/aromatic N) is 2. The van der Waals surface area contributed by atoms with E-state index in [-0.39, 0.29) is 5.01 Å². The van der Waals surface area contributed by atoms with Gasteiger partial charge in [0.2, 0.25) is 5.82 Å². The van der Waals surface area contributed by atoms with E-state index in [1.54, 1.807) is 5.38 Å². The van der Waals surface area contributed by atoms with Gasteiger partial charge in [-0.15, -0.1) is 11.3 Å². The third-order valence-corrected chi connectivity index (χ3v) is 4.09. The third kappa shape index (κ3) is 2.91. The van der Waals surface area contributed by atoms with Crippen molar-refractivity contribution in [3.63, 3.8) is 0 Å². The van der Waals surface area contributed by atoms with Gasteiger partial charge in [0.05, 0.1) is 16.2 Å². The maximum Gasteiger partial charge on any atom is 0.305 e. The highest BCUT2D eigenvalue weighted by Gasteiger charge is 2.25. The standard InChI is InChI=1S/C13H11F2N3O2S/c14-9-3-4-10(18(19)20)12(15)11(9)13-17-8(6-21-13)5-16-7-1-2-7/h3-4,6-7,16H,1-2,5H2. The Balaban J connectivity index is 1.91. The lowest BCUT2D eigenvalue weighted by atomic mass is 10.2. The Morgan fingerprint density at radius 2 is 2.19 bits per heavy atom. The molecule has 21 heavy (non-hydrogen) atoms. The first-order valence-corrected chi connectivity index (χ1v) is 7.25. The van der Waals surface area contributed by atoms with Crippen molar-refractivity contribution < 1.29 is 13.7 Å². The highest BCUT2D eigenvalue weighted by atomic mass is 32.1. The molecule has 0 aliphatic heterocycles. The molecule has 1 aromatic heterocycles. The van der Waals surface area contributed by atoms with Gasteiger partial charge < -0.3 is 5.32 Å². The summed E-state index contributed by atoms with van der Waals surface area (Å²) >= 11 is 1.07. The summed E-state index contributed by atoms with van der Waals surface area (Å²) in [6.45, 7) is 0.527. The second-order valence-corrected chi connectivity index (χ2v) is 5.67. The summed E-state index contributed by atoms with van der Waals surface area (Å²) in [5.41, 5.74) is -0.515. The Kier molecular flexibility index (Phi) is 3.64. The minimum absolute atomic E-state index is 0.112. The number of nitro benzene ring substituents is 1. The zero-order valence-electron chi connectivity index (χ0n) is 10.8. The lowest BCUT2D eigenvalue weighted by molar-refractivity contribution is -0.387. The number of nitrogens with one attached hydrogen (secondary N) is 1. The Bertz CT molecular complexity index is 701. The van der Waals surface area contributed by atoms with Gasteiger partial charge in [0.1, 0.15) is 10.8 Å². The first kappa shape index (κ1) is 14.0. The van der Waals surface area contributed by atoms with Crippen LogP contribution in [0.25, 0.3) is 10.6 Å². The van der Waals surface area contributed by atoms with E-state index in [9.17, 15) is 18.9 Å². The molecule has 1 aliphatic carbocycles. The van der Waals surface area contributed by atoms with Gasteiger partial charge in [0, 0.05) is 24.0 Å². The average Bonchev–Trinajstić information content (AvgIpc) is 3.15. The molecule has 0 amide bonds. The van der Waals surface area contributed by atoms with Crippen LogP contribution in [0.5, 0.6) is 0 Å². The zero-order chi connectivity index (χ0) is 15.0. The average molecular weight is 311 g/mol. The molecular weight excluding hydrogens is 300 g/mol. The topological polar surface area (TPSA) is 68.1 Å². The van der Waals surface area contributed by atoms with Crippen molar-refractivity contribution in [2.45, 2.75) is 25.4 Å². The molecule has 5 nitrogen and oxygen atoms in total. The fourth-order valence-electron chi connectivity index (χ4n) is 1.92. The van der Waals surface area contributed by atoms with E-state index >= 15 is 0 Å². The van der Waals surface area contributed by atoms with E-state index in [0.29, 0.717) is 18.3 Å². The molecule has 0 radical (unpaired) electrons. The molecule has 1 saturated carbocycles. The molecule has 1 N–H and O–H groups in total. The van der Waals surface area contributed by atoms with Crippen molar-refractivity contribution in [1.29, 1.82) is 0 Å². The molecule has 0 unspecified atom stereocenters. The summed E-state index contributed by atoms with van der Waals surface area (Å²) in [6, 6.07) is 2.21. The quantitative estimate of drug-likeness (QED) is 0.680. The summed E-state index contributed by atoms with van der Waals surface area (Å²) in [6.07, 6.45) is 2.26. The van der Waals surface area contributed by atoms with Crippen LogP contribution < -0.4 is 5.32 Å². The fourth-order valence-corrected chi connectivity index (χ4v) is 2.78. The number of hydrogen-bond donors (Lipinski definition) is 1. The van der Waals surface area contributed by atoms with E-state index in [1.165, 1.54) is 0 Å². The predicted octanol–water partition coefficient (Wildman–Crippen LogP) is 3.25. The molecule has 0 atom stereocenters. The highest BCUT2D eigenvalue weighted by Crippen LogP contribution is 2.33. The lowest BCUT2D eigenvalue weighted by Crippen LogP contribution is -2.15. The smallest absolute Gasteiger partial charge is 0.305 e. The van der Waals surface area contributed by atoms with Crippen molar-refractivity contribution in [1.82, 2.24) is 10.3 Å². The summed E-state index contributed by atoms with van der Waals surface area (Å²) in [5.74, 6) is -2.04. The minimum Gasteiger partial charge on any atom is -0.308 e. The van der Waals surface area contributed by atoms with Crippen LogP contribution in [0.2, 0.25) is 0 Å². The molecule has 0 bridgehead atoms. The minimum atomic E-state index is -1.18. The van der Waals surface area contributed by atoms with Crippen LogP contribution in [-0.4, -0.2) is 15.9 Å². The zero-order valence-corrected chi connectivity index (χ0v) is 11.6. The van der Waals surface area contributed by atoms with Crippen molar-refractivity contribution in [3.8, 4) is 10.6 Å². The van der Waals surface area contributed by atoms with E-state index in [4.69, 9.17) is 0 Å². The van der Waals surface area contributed by atoms with E-state index < -0.39 is 27.8 Å². The van der Waals surface area contributed by atoms with Gasteiger partial charge in [-0.1, -0.05) is 0 Å². The van der Waals surface area contributed by atoms with Crippen LogP contribution in [-0.2, 0) is 6.54 Å². The lowest BCUT2D eigenvalue weighted by Gasteiger charge is -2.02. The number of hydrogen-bond acceptors (Lipinski definition) is 5. The first-order chi connectivity index (χ1) is 10.1. The van der Waals surface area contributed by atoms with E-state index in [2.05, 4.69) is 10.3 Å². The van der Waals surface area contributed by atoms with Gasteiger partial charge in [-0.3, -0.25) is 10.1 Å². The molecule has 2 aromatic rings. The molecule has 3 rings (SSSR count). The van der Waals surface area contributed by atoms with E-state index in [0.717, 1.165) is 36.3 Å². The van der Waals surface area contributed by atoms with Crippen LogP contribution in [0.4, 0.5) is 14.5 Å². The van der Waals surface area contributed by atoms with Gasteiger partial charge in [-0.25, -0.2) is 9.37 Å². The molecule has 0 spiro atoms. The molecule has 1 aromatic carbocycles. The number of aromatic nitrogens is 1. The van der Waals surface area contributed by atoms with Crippen LogP contribution in [0, 0.1) is 21.7 Å². The number of nitro groups is 1. The Morgan fingerprint density at radius 1 is 1.43 bits per heavy atom. The number of rotatable bonds is 5. The monoisotopic (exact) mass is 311 g/mol. The van der Waals surface area contributed by atoms with Crippen molar-refractivity contribution >= 4 is 17.0 Å². The van der Waals surface area contributed by atoms with Gasteiger partial charge >= 0.3 is 5.69 Å². The second-order valence-electron chi connectivity index (χ2n) is 4.81. The summed E-state index contributed by atoms with van der Waals surface area (Å²) in [5, 5.41) is 15.8. The molecule has 0 saturated heterocycles. The largest absolute Gasteiger partial charge is 0.308 e. The van der Waals surface area contributed by atoms with Crippen molar-refractivity contribution in [2.24, 2.45) is 0 Å². The maximum atomic E-state index is 14.1. The molecule has 8 heteroatoms. The number of halogens is 2. The first-order valence-electron chi connectivity index (χ1n) is 6.37. The van der Waals surface area contributed by atoms with Gasteiger partial charge in [-0.05, 0) is 18.9 Å². The highest BCUT2D eigenvalue weighted by molar-refractivity contribution is 7.13. The van der Waals surface area contributed by atoms with Crippen molar-refractivity contribution in [3.05, 3.63) is 45.0 Å². The normalized spacial score (nSPS) is 14.4. The summed E-state index contributed by atoms with van der Waals surface area (Å²) in [4.78, 5) is 14.0. The third-order valence-electron chi connectivity index (χ3n) is 3.18. The van der Waals surface area contributed by atoms with Gasteiger partial charge in [0.15, 0.2) is 0 Å². The second kappa shape index (κ2) is 5.45. The van der Waals surface area contributed by atoms with Crippen LogP contribution in [0.15, 0.2) is 17.5 Å². The number of benzene rings is 1. The van der Waals surface area contributed by atoms with Crippen LogP contribution in [0.3, 0.4) is 0 Å². The number of thiazole rings is 1. The van der Waals surface area contributed by atoms with Crippen molar-refractivity contribution in [2.75, 3.05) is 0 Å². The predicted molar refractivity (Wildman–Crippen MR) is 74.0 cm³/mol. The Hall–Kier alpha value is -1.93. The summed E-state index contributed by atoms with van der Waals surface area (Å²) in [7, 11) is 0. The van der Waals surface area contributed by atoms with Gasteiger partial charge in [0.25, 0.3) is 0 Å². The molecular formula is C13H11F2N3O2S. The molecule has 110 valence electrons. The molecule has 1 fully saturated rings. The Labute approximate surface area is 122 Å². The van der Waals surface area contributed by atoms with Crippen LogP contribution in [0.1, 0.15) is 18.5 Å². The van der Waals surface area contributed by atoms with Gasteiger partial charge in [-0.2, -0.15) is 4.39 Å². The molecule has 1 aliphatic rings. The molecule has 1 heterocycles. The SMILES string of the molecule is O=[N+]([O-])c1ccc(F)c(-c2nc(CNC3CC3)cs2)c1F. The maximum absolute atomic E-state index is 14.1. The summed E-state index contributed by atoms with van der Waals surface area (Å²) < 4.78 is 27.9. The van der Waals surface area contributed by atoms with Crippen LogP contribution >= 0.6 is 11.3 Å².